The third-order valence-corrected chi connectivity index (χ3v) is 6.36. The molecule has 0 spiro atoms. The Morgan fingerprint density at radius 2 is 1.50 bits per heavy atom. The fraction of sp³-hybridized carbons (Fsp3) is 0.409. The number of carbonyl (C=O) groups is 1. The van der Waals surface area contributed by atoms with Crippen LogP contribution in [0.3, 0.4) is 0 Å². The number of nitrogens with zero attached hydrogens (tertiary/aromatic N) is 1. The second-order valence-electron chi connectivity index (χ2n) is 6.85. The van der Waals surface area contributed by atoms with Gasteiger partial charge in [-0.25, -0.2) is 8.42 Å². The van der Waals surface area contributed by atoms with Crippen LogP contribution in [-0.2, 0) is 14.8 Å². The molecule has 2 aromatic carbocycles. The summed E-state index contributed by atoms with van der Waals surface area (Å²) in [7, 11) is -1.97. The van der Waals surface area contributed by atoms with Crippen molar-refractivity contribution >= 4 is 21.6 Å². The maximum atomic E-state index is 12.8. The standard InChI is InChI=1S/C22H30N2O5S/c1-5-15-24(16-6-2)30(26,27)21-13-7-18(8-14-21)23-22(25)17(3)29-20-11-9-19(28-4)10-12-20/h7-14,17H,5-6,15-16H2,1-4H3,(H,23,25). The van der Waals surface area contributed by atoms with Crippen molar-refractivity contribution in [2.75, 3.05) is 25.5 Å². The van der Waals surface area contributed by atoms with Gasteiger partial charge in [-0.2, -0.15) is 4.31 Å². The van der Waals surface area contributed by atoms with Crippen molar-refractivity contribution in [2.45, 2.75) is 44.6 Å². The van der Waals surface area contributed by atoms with Gasteiger partial charge in [0.05, 0.1) is 12.0 Å². The first-order valence-electron chi connectivity index (χ1n) is 10.0. The van der Waals surface area contributed by atoms with E-state index in [1.807, 2.05) is 13.8 Å². The summed E-state index contributed by atoms with van der Waals surface area (Å²) in [5, 5.41) is 2.75. The highest BCUT2D eigenvalue weighted by atomic mass is 32.2. The molecule has 2 aromatic rings. The minimum atomic E-state index is -3.55. The van der Waals surface area contributed by atoms with Gasteiger partial charge < -0.3 is 14.8 Å². The number of carbonyl (C=O) groups excluding carboxylic acids is 1. The van der Waals surface area contributed by atoms with Gasteiger partial charge in [0.2, 0.25) is 10.0 Å². The average Bonchev–Trinajstić information content (AvgIpc) is 2.74. The number of ether oxygens (including phenoxy) is 2. The Labute approximate surface area is 179 Å². The van der Waals surface area contributed by atoms with Crippen LogP contribution in [0.4, 0.5) is 5.69 Å². The number of anilines is 1. The van der Waals surface area contributed by atoms with E-state index in [2.05, 4.69) is 5.32 Å². The topological polar surface area (TPSA) is 84.9 Å². The highest BCUT2D eigenvalue weighted by Gasteiger charge is 2.23. The van der Waals surface area contributed by atoms with Crippen molar-refractivity contribution in [3.05, 3.63) is 48.5 Å². The molecule has 7 nitrogen and oxygen atoms in total. The third-order valence-electron chi connectivity index (χ3n) is 4.45. The molecule has 1 N–H and O–H groups in total. The molecule has 1 amide bonds. The first kappa shape index (κ1) is 23.7. The lowest BCUT2D eigenvalue weighted by atomic mass is 10.3. The van der Waals surface area contributed by atoms with Gasteiger partial charge in [-0.3, -0.25) is 4.79 Å². The van der Waals surface area contributed by atoms with Crippen LogP contribution in [-0.4, -0.2) is 44.9 Å². The van der Waals surface area contributed by atoms with Crippen molar-refractivity contribution in [1.29, 1.82) is 0 Å². The summed E-state index contributed by atoms with van der Waals surface area (Å²) in [4.78, 5) is 12.6. The van der Waals surface area contributed by atoms with Gasteiger partial charge >= 0.3 is 0 Å². The van der Waals surface area contributed by atoms with E-state index in [0.717, 1.165) is 12.8 Å². The van der Waals surface area contributed by atoms with Crippen LogP contribution in [0.5, 0.6) is 11.5 Å². The van der Waals surface area contributed by atoms with Crippen LogP contribution >= 0.6 is 0 Å². The van der Waals surface area contributed by atoms with E-state index in [0.29, 0.717) is 30.3 Å². The average molecular weight is 435 g/mol. The fourth-order valence-corrected chi connectivity index (χ4v) is 4.49. The molecule has 2 rings (SSSR count). The second kappa shape index (κ2) is 11.0. The van der Waals surface area contributed by atoms with Gasteiger partial charge in [0.15, 0.2) is 6.10 Å². The quantitative estimate of drug-likeness (QED) is 0.580. The van der Waals surface area contributed by atoms with E-state index in [1.165, 1.54) is 16.4 Å². The normalized spacial score (nSPS) is 12.4. The molecule has 30 heavy (non-hydrogen) atoms. The lowest BCUT2D eigenvalue weighted by Crippen LogP contribution is -2.32. The Hall–Kier alpha value is -2.58. The number of nitrogens with one attached hydrogen (secondary N) is 1. The largest absolute Gasteiger partial charge is 0.497 e. The molecule has 0 fully saturated rings. The Morgan fingerprint density at radius 3 is 2.00 bits per heavy atom. The van der Waals surface area contributed by atoms with Crippen molar-refractivity contribution < 1.29 is 22.7 Å². The number of methoxy groups -OCH3 is 1. The maximum absolute atomic E-state index is 12.8. The van der Waals surface area contributed by atoms with Gasteiger partial charge in [0.1, 0.15) is 11.5 Å². The fourth-order valence-electron chi connectivity index (χ4n) is 2.87. The molecule has 1 unspecified atom stereocenters. The molecule has 0 aliphatic heterocycles. The predicted molar refractivity (Wildman–Crippen MR) is 117 cm³/mol. The lowest BCUT2D eigenvalue weighted by molar-refractivity contribution is -0.122. The second-order valence-corrected chi connectivity index (χ2v) is 8.79. The zero-order valence-electron chi connectivity index (χ0n) is 17.9. The molecule has 0 radical (unpaired) electrons. The van der Waals surface area contributed by atoms with Gasteiger partial charge in [-0.15, -0.1) is 0 Å². The molecule has 0 saturated heterocycles. The van der Waals surface area contributed by atoms with Crippen LogP contribution in [0.2, 0.25) is 0 Å². The molecule has 1 atom stereocenters. The highest BCUT2D eigenvalue weighted by molar-refractivity contribution is 7.89. The van der Waals surface area contributed by atoms with Crippen LogP contribution in [0, 0.1) is 0 Å². The number of rotatable bonds is 11. The summed E-state index contributed by atoms with van der Waals surface area (Å²) in [6, 6.07) is 13.1. The Morgan fingerprint density at radius 1 is 0.967 bits per heavy atom. The summed E-state index contributed by atoms with van der Waals surface area (Å²) in [5.74, 6) is 0.915. The minimum Gasteiger partial charge on any atom is -0.497 e. The van der Waals surface area contributed by atoms with Crippen molar-refractivity contribution in [2.24, 2.45) is 0 Å². The molecule has 8 heteroatoms. The molecule has 0 heterocycles. The van der Waals surface area contributed by atoms with Gasteiger partial charge in [0.25, 0.3) is 5.91 Å². The zero-order valence-corrected chi connectivity index (χ0v) is 18.7. The van der Waals surface area contributed by atoms with Gasteiger partial charge in [-0.05, 0) is 68.3 Å². The summed E-state index contributed by atoms with van der Waals surface area (Å²) in [5.41, 5.74) is 0.502. The Bertz CT molecular complexity index is 906. The maximum Gasteiger partial charge on any atom is 0.265 e. The summed E-state index contributed by atoms with van der Waals surface area (Å²) in [6.07, 6.45) is 0.769. The van der Waals surface area contributed by atoms with E-state index in [1.54, 1.807) is 50.4 Å². The number of hydrogen-bond acceptors (Lipinski definition) is 5. The van der Waals surface area contributed by atoms with Gasteiger partial charge in [0, 0.05) is 18.8 Å². The van der Waals surface area contributed by atoms with Crippen LogP contribution in [0.25, 0.3) is 0 Å². The molecule has 0 aliphatic carbocycles. The summed E-state index contributed by atoms with van der Waals surface area (Å²) >= 11 is 0. The monoisotopic (exact) mass is 434 g/mol. The van der Waals surface area contributed by atoms with E-state index >= 15 is 0 Å². The van der Waals surface area contributed by atoms with Crippen molar-refractivity contribution in [1.82, 2.24) is 4.31 Å². The Balaban J connectivity index is 2.02. The SMILES string of the molecule is CCCN(CCC)S(=O)(=O)c1ccc(NC(=O)C(C)Oc2ccc(OC)cc2)cc1. The minimum absolute atomic E-state index is 0.213. The Kier molecular flexibility index (Phi) is 8.68. The molecule has 164 valence electrons. The van der Waals surface area contributed by atoms with E-state index < -0.39 is 16.1 Å². The number of amides is 1. The molecular formula is C22H30N2O5S. The van der Waals surface area contributed by atoms with Crippen LogP contribution in [0.15, 0.2) is 53.4 Å². The number of hydrogen-bond donors (Lipinski definition) is 1. The van der Waals surface area contributed by atoms with Crippen molar-refractivity contribution in [3.63, 3.8) is 0 Å². The predicted octanol–water partition coefficient (Wildman–Crippen LogP) is 3.91. The highest BCUT2D eigenvalue weighted by Crippen LogP contribution is 2.21. The van der Waals surface area contributed by atoms with Crippen LogP contribution in [0.1, 0.15) is 33.6 Å². The van der Waals surface area contributed by atoms with Crippen LogP contribution < -0.4 is 14.8 Å². The lowest BCUT2D eigenvalue weighted by Gasteiger charge is -2.21. The first-order chi connectivity index (χ1) is 14.3. The van der Waals surface area contributed by atoms with Crippen molar-refractivity contribution in [3.8, 4) is 11.5 Å². The smallest absolute Gasteiger partial charge is 0.265 e. The summed E-state index contributed by atoms with van der Waals surface area (Å²) < 4.78 is 37.9. The molecular weight excluding hydrogens is 404 g/mol. The van der Waals surface area contributed by atoms with E-state index in [4.69, 9.17) is 9.47 Å². The van der Waals surface area contributed by atoms with Gasteiger partial charge in [-0.1, -0.05) is 13.8 Å². The molecule has 0 saturated carbocycles. The molecule has 0 aromatic heterocycles. The molecule has 0 aliphatic rings. The summed E-state index contributed by atoms with van der Waals surface area (Å²) in [6.45, 7) is 6.51. The van der Waals surface area contributed by atoms with E-state index in [-0.39, 0.29) is 10.8 Å². The zero-order chi connectivity index (χ0) is 22.1. The molecule has 0 bridgehead atoms. The number of benzene rings is 2. The van der Waals surface area contributed by atoms with E-state index in [9.17, 15) is 13.2 Å². The number of sulfonamides is 1. The third kappa shape index (κ3) is 6.21. The first-order valence-corrected chi connectivity index (χ1v) is 11.5.